The maximum Gasteiger partial charge on any atom is 0.0894 e. The minimum Gasteiger partial charge on any atom is -0.251 e. The number of hydrogen-bond acceptors (Lipinski definition) is 0. The highest BCUT2D eigenvalue weighted by molar-refractivity contribution is 4.29. The van der Waals surface area contributed by atoms with Crippen molar-refractivity contribution in [1.82, 2.24) is 0 Å². The van der Waals surface area contributed by atoms with Gasteiger partial charge in [-0.3, -0.25) is 4.39 Å². The summed E-state index contributed by atoms with van der Waals surface area (Å²) in [6.45, 7) is -0.917. The fourth-order valence-electron chi connectivity index (χ4n) is 0. The summed E-state index contributed by atoms with van der Waals surface area (Å²) in [6.07, 6.45) is -0.0417. The Morgan fingerprint density at radius 3 is 3.00 bits per heavy atom. The van der Waals surface area contributed by atoms with Crippen molar-refractivity contribution in [2.24, 2.45) is 0 Å². The molecule has 0 heterocycles. The highest BCUT2D eigenvalue weighted by atomic mass is 19.1. The second-order valence-corrected chi connectivity index (χ2v) is 0.439. The first-order chi connectivity index (χ1) is 2.77. The Labute approximate surface area is 28.4 Å². The van der Waals surface area contributed by atoms with Crippen LogP contribution in [0, 0.1) is 6.88 Å². The topological polar surface area (TPSA) is 0 Å². The van der Waals surface area contributed by atoms with Gasteiger partial charge in [-0.1, -0.05) is 6.88 Å². The van der Waals surface area contributed by atoms with Gasteiger partial charge in [0.1, 0.15) is 0 Å². The molecule has 0 aliphatic heterocycles. The molecule has 0 aromatic carbocycles. The molecule has 0 nitrogen and oxygen atoms in total. The van der Waals surface area contributed by atoms with Gasteiger partial charge in [-0.15, -0.1) is 0 Å². The Hall–Kier alpha value is -0.0700. The number of alkyl halides is 1. The standard InChI is InChI=1S/C3H6F/c1-2-3-4/h1-3H2/i1D2. The van der Waals surface area contributed by atoms with Crippen molar-refractivity contribution < 1.29 is 7.13 Å². The van der Waals surface area contributed by atoms with Gasteiger partial charge in [-0.05, 0) is 6.42 Å². The van der Waals surface area contributed by atoms with Crippen LogP contribution in [-0.4, -0.2) is 6.67 Å². The zero-order valence-corrected chi connectivity index (χ0v) is 2.29. The fraction of sp³-hybridized carbons (Fsp3) is 0.667. The number of rotatable bonds is 2. The van der Waals surface area contributed by atoms with Crippen LogP contribution >= 0.6 is 0 Å². The second-order valence-electron chi connectivity index (χ2n) is 0.439. The quantitative estimate of drug-likeness (QED) is 0.451. The minimum absolute atomic E-state index is 0.0417. The highest BCUT2D eigenvalue weighted by Gasteiger charge is 1.61. The van der Waals surface area contributed by atoms with Crippen molar-refractivity contribution in [3.63, 3.8) is 0 Å². The van der Waals surface area contributed by atoms with Gasteiger partial charge in [-0.25, -0.2) is 0 Å². The molecule has 0 N–H and O–H groups in total. The van der Waals surface area contributed by atoms with Crippen molar-refractivity contribution in [3.8, 4) is 0 Å². The molecule has 25 valence electrons. The molecule has 0 spiro atoms. The summed E-state index contributed by atoms with van der Waals surface area (Å²) in [4.78, 5) is 0. The summed E-state index contributed by atoms with van der Waals surface area (Å²) in [6, 6.07) is 0. The van der Waals surface area contributed by atoms with Crippen LogP contribution in [0.25, 0.3) is 0 Å². The van der Waals surface area contributed by atoms with Gasteiger partial charge in [-0.2, -0.15) is 0 Å². The summed E-state index contributed by atoms with van der Waals surface area (Å²) in [7, 11) is 0. The molecule has 0 saturated carbocycles. The highest BCUT2D eigenvalue weighted by Crippen LogP contribution is 1.68. The summed E-state index contributed by atoms with van der Waals surface area (Å²) in [5.41, 5.74) is 0. The zero-order chi connectivity index (χ0) is 4.99. The first kappa shape index (κ1) is 1.39. The summed E-state index contributed by atoms with van der Waals surface area (Å²) in [5.74, 6) is 0. The predicted molar refractivity (Wildman–Crippen MR) is 15.9 cm³/mol. The van der Waals surface area contributed by atoms with Gasteiger partial charge >= 0.3 is 0 Å². The molecule has 0 aliphatic rings. The van der Waals surface area contributed by atoms with E-state index in [1.54, 1.807) is 0 Å². The van der Waals surface area contributed by atoms with Crippen LogP contribution in [0.4, 0.5) is 4.39 Å². The van der Waals surface area contributed by atoms with Crippen molar-refractivity contribution in [1.29, 1.82) is 0 Å². The van der Waals surface area contributed by atoms with Gasteiger partial charge in [0.2, 0.25) is 0 Å². The molecule has 0 saturated heterocycles. The van der Waals surface area contributed by atoms with E-state index < -0.39 is 6.67 Å². The Morgan fingerprint density at radius 1 is 2.25 bits per heavy atom. The van der Waals surface area contributed by atoms with Gasteiger partial charge in [0, 0.05) is 2.74 Å². The van der Waals surface area contributed by atoms with E-state index in [1.807, 2.05) is 0 Å². The molecule has 0 aromatic rings. The normalized spacial score (nSPS) is 15.5. The summed E-state index contributed by atoms with van der Waals surface area (Å²) in [5, 5.41) is 0. The third-order valence-corrected chi connectivity index (χ3v) is 0.0945. The Balaban J connectivity index is 2.63. The van der Waals surface area contributed by atoms with E-state index in [9.17, 15) is 4.39 Å². The van der Waals surface area contributed by atoms with Crippen LogP contribution in [0.1, 0.15) is 9.16 Å². The van der Waals surface area contributed by atoms with Gasteiger partial charge in [0.15, 0.2) is 0 Å². The van der Waals surface area contributed by atoms with E-state index in [0.29, 0.717) is 0 Å². The van der Waals surface area contributed by atoms with Gasteiger partial charge < -0.3 is 0 Å². The Kier molecular flexibility index (Phi) is 1.02. The molecule has 0 unspecified atom stereocenters. The second kappa shape index (κ2) is 2.93. The smallest absolute Gasteiger partial charge is 0.0894 e. The van der Waals surface area contributed by atoms with E-state index in [0.717, 1.165) is 0 Å². The maximum atomic E-state index is 11.0. The molecular weight excluding hydrogens is 55.0 g/mol. The lowest BCUT2D eigenvalue weighted by molar-refractivity contribution is 0.500. The molecule has 0 bridgehead atoms. The molecular formula is C3H6F. The molecule has 0 aromatic heterocycles. The van der Waals surface area contributed by atoms with E-state index in [2.05, 4.69) is 0 Å². The van der Waals surface area contributed by atoms with Crippen molar-refractivity contribution in [2.45, 2.75) is 6.42 Å². The van der Waals surface area contributed by atoms with E-state index in [4.69, 9.17) is 2.74 Å². The average Bonchev–Trinajstić information content (AvgIpc) is 1.35. The van der Waals surface area contributed by atoms with Gasteiger partial charge in [0.05, 0.1) is 6.67 Å². The molecule has 0 aliphatic carbocycles. The third kappa shape index (κ3) is 1.93. The molecule has 0 atom stereocenters. The van der Waals surface area contributed by atoms with Crippen LogP contribution in [-0.2, 0) is 0 Å². The maximum absolute atomic E-state index is 11.0. The molecule has 4 heavy (non-hydrogen) atoms. The van der Waals surface area contributed by atoms with Crippen LogP contribution in [0.15, 0.2) is 0 Å². The Bertz CT molecular complexity index is 30.0. The Morgan fingerprint density at radius 2 is 3.00 bits per heavy atom. The minimum atomic E-state index is -0.581. The SMILES string of the molecule is [2H][C]([2H])CCF. The van der Waals surface area contributed by atoms with Crippen LogP contribution in [0.5, 0.6) is 0 Å². The molecule has 1 radical (unpaired) electrons. The molecule has 0 fully saturated rings. The van der Waals surface area contributed by atoms with Crippen molar-refractivity contribution >= 4 is 0 Å². The monoisotopic (exact) mass is 63.1 g/mol. The average molecular weight is 63.1 g/mol. The lowest BCUT2D eigenvalue weighted by Gasteiger charge is -1.64. The van der Waals surface area contributed by atoms with Crippen LogP contribution in [0.3, 0.4) is 0 Å². The van der Waals surface area contributed by atoms with Crippen LogP contribution in [0.2, 0.25) is 0 Å². The zero-order valence-electron chi connectivity index (χ0n) is 4.29. The summed E-state index contributed by atoms with van der Waals surface area (Å²) < 4.78 is 23.6. The van der Waals surface area contributed by atoms with E-state index in [1.165, 1.54) is 0 Å². The first-order valence-corrected chi connectivity index (χ1v) is 1.12. The largest absolute Gasteiger partial charge is 0.251 e. The van der Waals surface area contributed by atoms with E-state index in [-0.39, 0.29) is 13.3 Å². The van der Waals surface area contributed by atoms with E-state index >= 15 is 0 Å². The lowest BCUT2D eigenvalue weighted by atomic mass is 10.6. The molecule has 0 rings (SSSR count). The number of halogens is 1. The molecule has 1 heteroatoms. The third-order valence-electron chi connectivity index (χ3n) is 0.0945. The van der Waals surface area contributed by atoms with Gasteiger partial charge in [0.25, 0.3) is 0 Å². The van der Waals surface area contributed by atoms with Crippen molar-refractivity contribution in [3.05, 3.63) is 6.88 Å². The predicted octanol–water partition coefficient (Wildman–Crippen LogP) is 1.18. The van der Waals surface area contributed by atoms with Crippen LogP contribution < -0.4 is 0 Å². The molecule has 0 amide bonds. The first-order valence-electron chi connectivity index (χ1n) is 2.12. The van der Waals surface area contributed by atoms with Crippen molar-refractivity contribution in [2.75, 3.05) is 6.67 Å². The fourth-order valence-corrected chi connectivity index (χ4v) is 0. The summed E-state index contributed by atoms with van der Waals surface area (Å²) >= 11 is 0. The number of hydrogen-bond donors (Lipinski definition) is 0. The lowest BCUT2D eigenvalue weighted by Crippen LogP contribution is -1.59.